The maximum absolute atomic E-state index is 4.45. The number of rotatable bonds is 4. The Balaban J connectivity index is 1.59. The van der Waals surface area contributed by atoms with Crippen molar-refractivity contribution in [3.63, 3.8) is 0 Å². The van der Waals surface area contributed by atoms with Gasteiger partial charge in [0.1, 0.15) is 0 Å². The molecular weight excluding hydrogens is 274 g/mol. The van der Waals surface area contributed by atoms with Crippen molar-refractivity contribution in [1.82, 2.24) is 15.1 Å². The average molecular weight is 297 g/mol. The molecule has 0 saturated heterocycles. The van der Waals surface area contributed by atoms with E-state index in [9.17, 15) is 0 Å². The van der Waals surface area contributed by atoms with Crippen LogP contribution in [0.25, 0.3) is 0 Å². The third-order valence-electron chi connectivity index (χ3n) is 4.02. The van der Waals surface area contributed by atoms with E-state index in [4.69, 9.17) is 0 Å². The van der Waals surface area contributed by atoms with Crippen molar-refractivity contribution in [3.05, 3.63) is 48.3 Å². The molecule has 1 unspecified atom stereocenters. The van der Waals surface area contributed by atoms with E-state index in [0.717, 1.165) is 32.0 Å². The van der Waals surface area contributed by atoms with Gasteiger partial charge in [-0.15, -0.1) is 0 Å². The molecule has 2 heterocycles. The molecule has 3 rings (SSSR count). The highest BCUT2D eigenvalue weighted by Gasteiger charge is 2.22. The summed E-state index contributed by atoms with van der Waals surface area (Å²) in [5.74, 6) is 1.44. The third-order valence-corrected chi connectivity index (χ3v) is 4.02. The lowest BCUT2D eigenvalue weighted by Gasteiger charge is -2.23. The number of aromatic nitrogens is 2. The summed E-state index contributed by atoms with van der Waals surface area (Å²) in [7, 11) is 1.85. The van der Waals surface area contributed by atoms with Gasteiger partial charge in [-0.25, -0.2) is 0 Å². The molecule has 1 aromatic carbocycles. The van der Waals surface area contributed by atoms with Gasteiger partial charge in [0.05, 0.1) is 0 Å². The summed E-state index contributed by atoms with van der Waals surface area (Å²) in [5, 5.41) is 7.76. The van der Waals surface area contributed by atoms with Crippen LogP contribution in [0.15, 0.2) is 47.7 Å². The largest absolute Gasteiger partial charge is 0.356 e. The van der Waals surface area contributed by atoms with Crippen LogP contribution in [0.4, 0.5) is 5.69 Å². The second-order valence-electron chi connectivity index (χ2n) is 5.79. The minimum atomic E-state index is 0.481. The normalized spacial score (nSPS) is 15.7. The fourth-order valence-electron chi connectivity index (χ4n) is 2.91. The van der Waals surface area contributed by atoms with E-state index in [1.807, 2.05) is 30.2 Å². The summed E-state index contributed by atoms with van der Waals surface area (Å²) in [6.45, 7) is 5.01. The van der Waals surface area contributed by atoms with Crippen LogP contribution < -0.4 is 10.2 Å². The molecule has 116 valence electrons. The van der Waals surface area contributed by atoms with Crippen molar-refractivity contribution in [1.29, 1.82) is 0 Å². The Labute approximate surface area is 131 Å². The van der Waals surface area contributed by atoms with E-state index in [2.05, 4.69) is 51.5 Å². The number of nitrogens with zero attached hydrogens (tertiary/aromatic N) is 4. The lowest BCUT2D eigenvalue weighted by atomic mass is 10.2. The summed E-state index contributed by atoms with van der Waals surface area (Å²) >= 11 is 0. The fourth-order valence-corrected chi connectivity index (χ4v) is 2.91. The summed E-state index contributed by atoms with van der Waals surface area (Å²) in [6, 6.07) is 10.5. The van der Waals surface area contributed by atoms with Crippen LogP contribution in [0.2, 0.25) is 0 Å². The highest BCUT2D eigenvalue weighted by atomic mass is 15.3. The van der Waals surface area contributed by atoms with E-state index < -0.39 is 0 Å². The molecule has 22 heavy (non-hydrogen) atoms. The van der Waals surface area contributed by atoms with Crippen molar-refractivity contribution >= 4 is 11.6 Å². The maximum Gasteiger partial charge on any atom is 0.198 e. The summed E-state index contributed by atoms with van der Waals surface area (Å²) in [5.41, 5.74) is 2.67. The van der Waals surface area contributed by atoms with Gasteiger partial charge in [-0.1, -0.05) is 25.1 Å². The molecule has 0 spiro atoms. The predicted octanol–water partition coefficient (Wildman–Crippen LogP) is 2.16. The van der Waals surface area contributed by atoms with Gasteiger partial charge in [0.25, 0.3) is 0 Å². The van der Waals surface area contributed by atoms with E-state index >= 15 is 0 Å². The standard InChI is InChI=1S/C17H23N5/c1-14(13-21-10-5-9-20-21)12-19-17(18-2)22-11-8-15-6-3-4-7-16(15)22/h3-7,9-10,14H,8,11-13H2,1-2H3,(H,18,19). The Morgan fingerprint density at radius 3 is 3.00 bits per heavy atom. The van der Waals surface area contributed by atoms with E-state index in [-0.39, 0.29) is 0 Å². The second kappa shape index (κ2) is 6.64. The topological polar surface area (TPSA) is 45.5 Å². The first-order valence-corrected chi connectivity index (χ1v) is 7.81. The number of anilines is 1. The summed E-state index contributed by atoms with van der Waals surface area (Å²) in [6.07, 6.45) is 4.90. The van der Waals surface area contributed by atoms with Gasteiger partial charge in [-0.3, -0.25) is 9.67 Å². The molecule has 2 aromatic rings. The van der Waals surface area contributed by atoms with Crippen molar-refractivity contribution in [2.24, 2.45) is 10.9 Å². The number of hydrogen-bond donors (Lipinski definition) is 1. The molecule has 1 atom stereocenters. The molecule has 1 aliphatic rings. The number of hydrogen-bond acceptors (Lipinski definition) is 2. The SMILES string of the molecule is CN=C(NCC(C)Cn1cccn1)N1CCc2ccccc21. The Morgan fingerprint density at radius 1 is 1.36 bits per heavy atom. The average Bonchev–Trinajstić information content (AvgIpc) is 3.18. The summed E-state index contributed by atoms with van der Waals surface area (Å²) in [4.78, 5) is 6.72. The molecular formula is C17H23N5. The van der Waals surface area contributed by atoms with Crippen molar-refractivity contribution in [3.8, 4) is 0 Å². The maximum atomic E-state index is 4.45. The third kappa shape index (κ3) is 3.13. The zero-order valence-corrected chi connectivity index (χ0v) is 13.2. The first-order valence-electron chi connectivity index (χ1n) is 7.81. The number of nitrogens with one attached hydrogen (secondary N) is 1. The van der Waals surface area contributed by atoms with Crippen LogP contribution in [0, 0.1) is 5.92 Å². The monoisotopic (exact) mass is 297 g/mol. The quantitative estimate of drug-likeness (QED) is 0.695. The van der Waals surface area contributed by atoms with Crippen LogP contribution >= 0.6 is 0 Å². The first kappa shape index (κ1) is 14.6. The molecule has 0 fully saturated rings. The first-order chi connectivity index (χ1) is 10.8. The van der Waals surface area contributed by atoms with E-state index in [1.165, 1.54) is 11.3 Å². The van der Waals surface area contributed by atoms with Crippen molar-refractivity contribution in [2.45, 2.75) is 19.9 Å². The number of benzene rings is 1. The molecule has 5 nitrogen and oxygen atoms in total. The fraction of sp³-hybridized carbons (Fsp3) is 0.412. The van der Waals surface area contributed by atoms with Gasteiger partial charge in [0.2, 0.25) is 0 Å². The molecule has 1 aliphatic heterocycles. The Morgan fingerprint density at radius 2 is 2.23 bits per heavy atom. The molecule has 0 amide bonds. The Bertz CT molecular complexity index is 632. The molecule has 0 bridgehead atoms. The molecule has 0 radical (unpaired) electrons. The Hall–Kier alpha value is -2.30. The minimum Gasteiger partial charge on any atom is -0.356 e. The van der Waals surface area contributed by atoms with Crippen molar-refractivity contribution < 1.29 is 0 Å². The van der Waals surface area contributed by atoms with Crippen LogP contribution in [0.3, 0.4) is 0 Å². The zero-order valence-electron chi connectivity index (χ0n) is 13.2. The highest BCUT2D eigenvalue weighted by molar-refractivity contribution is 5.97. The second-order valence-corrected chi connectivity index (χ2v) is 5.79. The molecule has 1 aromatic heterocycles. The van der Waals surface area contributed by atoms with Crippen LogP contribution in [0.1, 0.15) is 12.5 Å². The molecule has 1 N–H and O–H groups in total. The van der Waals surface area contributed by atoms with Gasteiger partial charge < -0.3 is 10.2 Å². The van der Waals surface area contributed by atoms with E-state index in [0.29, 0.717) is 5.92 Å². The van der Waals surface area contributed by atoms with Gasteiger partial charge in [0, 0.05) is 44.8 Å². The van der Waals surface area contributed by atoms with Gasteiger partial charge in [0.15, 0.2) is 5.96 Å². The zero-order chi connectivity index (χ0) is 15.4. The highest BCUT2D eigenvalue weighted by Crippen LogP contribution is 2.27. The van der Waals surface area contributed by atoms with Crippen molar-refractivity contribution in [2.75, 3.05) is 25.0 Å². The number of aliphatic imine (C=N–C) groups is 1. The minimum absolute atomic E-state index is 0.481. The Kier molecular flexibility index (Phi) is 4.42. The van der Waals surface area contributed by atoms with Crippen LogP contribution in [-0.2, 0) is 13.0 Å². The lowest BCUT2D eigenvalue weighted by Crippen LogP contribution is -2.42. The molecule has 0 saturated carbocycles. The van der Waals surface area contributed by atoms with Gasteiger partial charge in [-0.2, -0.15) is 5.10 Å². The number of para-hydroxylation sites is 1. The summed E-state index contributed by atoms with van der Waals surface area (Å²) < 4.78 is 1.97. The smallest absolute Gasteiger partial charge is 0.198 e. The van der Waals surface area contributed by atoms with Gasteiger partial charge >= 0.3 is 0 Å². The number of guanidine groups is 1. The predicted molar refractivity (Wildman–Crippen MR) is 90.2 cm³/mol. The molecule has 5 heteroatoms. The van der Waals surface area contributed by atoms with Crippen LogP contribution in [-0.4, -0.2) is 35.9 Å². The van der Waals surface area contributed by atoms with Crippen LogP contribution in [0.5, 0.6) is 0 Å². The van der Waals surface area contributed by atoms with E-state index in [1.54, 1.807) is 0 Å². The van der Waals surface area contributed by atoms with Gasteiger partial charge in [-0.05, 0) is 30.0 Å². The molecule has 0 aliphatic carbocycles. The number of fused-ring (bicyclic) bond motifs is 1. The lowest BCUT2D eigenvalue weighted by molar-refractivity contribution is 0.444.